The number of carbonyl (C=O) groups excluding carboxylic acids is 1. The first-order chi connectivity index (χ1) is 8.96. The fourth-order valence-corrected chi connectivity index (χ4v) is 2.38. The molecule has 1 amide bonds. The topological polar surface area (TPSA) is 81.6 Å². The molecule has 1 saturated heterocycles. The molecule has 0 bridgehead atoms. The van der Waals surface area contributed by atoms with Crippen LogP contribution in [0.3, 0.4) is 0 Å². The molecular weight excluding hydrogens is 242 g/mol. The van der Waals surface area contributed by atoms with Gasteiger partial charge in [0.15, 0.2) is 0 Å². The number of nitrogens with zero attached hydrogens (tertiary/aromatic N) is 1. The first-order valence-corrected chi connectivity index (χ1v) is 6.53. The molecule has 1 unspecified atom stereocenters. The number of rotatable bonds is 4. The van der Waals surface area contributed by atoms with Crippen molar-refractivity contribution in [1.82, 2.24) is 0 Å². The molecule has 1 heterocycles. The van der Waals surface area contributed by atoms with Crippen LogP contribution in [0.1, 0.15) is 20.3 Å². The van der Waals surface area contributed by atoms with Crippen LogP contribution in [0.5, 0.6) is 5.75 Å². The molecule has 5 nitrogen and oxygen atoms in total. The van der Waals surface area contributed by atoms with Crippen molar-refractivity contribution in [3.8, 4) is 5.75 Å². The van der Waals surface area contributed by atoms with E-state index < -0.39 is 5.41 Å². The zero-order valence-corrected chi connectivity index (χ0v) is 11.5. The fourth-order valence-electron chi connectivity index (χ4n) is 2.38. The summed E-state index contributed by atoms with van der Waals surface area (Å²) >= 11 is 0. The van der Waals surface area contributed by atoms with Crippen LogP contribution in [-0.4, -0.2) is 25.6 Å². The maximum Gasteiger partial charge on any atom is 0.225 e. The summed E-state index contributed by atoms with van der Waals surface area (Å²) in [6, 6.07) is 5.70. The van der Waals surface area contributed by atoms with Crippen molar-refractivity contribution >= 4 is 17.3 Å². The van der Waals surface area contributed by atoms with Gasteiger partial charge in [0.1, 0.15) is 5.75 Å². The molecule has 1 aliphatic rings. The van der Waals surface area contributed by atoms with Crippen LogP contribution in [0.15, 0.2) is 18.2 Å². The number of amides is 1. The van der Waals surface area contributed by atoms with Crippen molar-refractivity contribution in [1.29, 1.82) is 0 Å². The van der Waals surface area contributed by atoms with E-state index in [2.05, 4.69) is 4.90 Å². The largest absolute Gasteiger partial charge is 0.492 e. The Labute approximate surface area is 113 Å². The maximum atomic E-state index is 11.5. The molecule has 5 heteroatoms. The van der Waals surface area contributed by atoms with Gasteiger partial charge in [-0.2, -0.15) is 0 Å². The molecule has 0 radical (unpaired) electrons. The second-order valence-corrected chi connectivity index (χ2v) is 5.25. The maximum absolute atomic E-state index is 11.5. The standard InChI is InChI=1S/C14H21N3O2/c1-3-19-12-8-10(4-5-11(12)15)17-7-6-14(2,9-17)13(16)18/h4-5,8H,3,6-7,9,15H2,1-2H3,(H2,16,18). The quantitative estimate of drug-likeness (QED) is 0.804. The van der Waals surface area contributed by atoms with Crippen molar-refractivity contribution in [2.45, 2.75) is 20.3 Å². The van der Waals surface area contributed by atoms with Gasteiger partial charge in [-0.25, -0.2) is 0 Å². The van der Waals surface area contributed by atoms with Crippen LogP contribution in [0.25, 0.3) is 0 Å². The highest BCUT2D eigenvalue weighted by atomic mass is 16.5. The number of benzene rings is 1. The smallest absolute Gasteiger partial charge is 0.225 e. The van der Waals surface area contributed by atoms with E-state index in [1.807, 2.05) is 32.0 Å². The van der Waals surface area contributed by atoms with E-state index in [9.17, 15) is 4.79 Å². The second kappa shape index (κ2) is 4.99. The van der Waals surface area contributed by atoms with Gasteiger partial charge in [0.05, 0.1) is 17.7 Å². The summed E-state index contributed by atoms with van der Waals surface area (Å²) in [6.45, 7) is 5.86. The molecule has 19 heavy (non-hydrogen) atoms. The van der Waals surface area contributed by atoms with E-state index in [4.69, 9.17) is 16.2 Å². The SMILES string of the molecule is CCOc1cc(N2CCC(C)(C(N)=O)C2)ccc1N. The van der Waals surface area contributed by atoms with Gasteiger partial charge in [-0.15, -0.1) is 0 Å². The van der Waals surface area contributed by atoms with Crippen LogP contribution in [0, 0.1) is 5.41 Å². The number of nitrogen functional groups attached to an aromatic ring is 1. The summed E-state index contributed by atoms with van der Waals surface area (Å²) in [5.41, 5.74) is 12.5. The summed E-state index contributed by atoms with van der Waals surface area (Å²) in [6.07, 6.45) is 0.774. The van der Waals surface area contributed by atoms with E-state index in [1.165, 1.54) is 0 Å². The number of primary amides is 1. The highest BCUT2D eigenvalue weighted by Crippen LogP contribution is 2.35. The van der Waals surface area contributed by atoms with Gasteiger partial charge in [0, 0.05) is 24.8 Å². The summed E-state index contributed by atoms with van der Waals surface area (Å²) < 4.78 is 5.49. The molecule has 0 aliphatic carbocycles. The average Bonchev–Trinajstić information content (AvgIpc) is 2.76. The van der Waals surface area contributed by atoms with Crippen molar-refractivity contribution in [2.24, 2.45) is 11.1 Å². The number of hydrogen-bond acceptors (Lipinski definition) is 4. The minimum absolute atomic E-state index is 0.240. The van der Waals surface area contributed by atoms with Crippen molar-refractivity contribution < 1.29 is 9.53 Å². The Balaban J connectivity index is 2.20. The average molecular weight is 263 g/mol. The fraction of sp³-hybridized carbons (Fsp3) is 0.500. The van der Waals surface area contributed by atoms with E-state index in [1.54, 1.807) is 0 Å². The molecule has 0 aromatic heterocycles. The number of ether oxygens (including phenoxy) is 1. The lowest BCUT2D eigenvalue weighted by molar-refractivity contribution is -0.125. The molecule has 4 N–H and O–H groups in total. The Kier molecular flexibility index (Phi) is 3.55. The molecule has 104 valence electrons. The number of anilines is 2. The van der Waals surface area contributed by atoms with Crippen LogP contribution < -0.4 is 21.1 Å². The van der Waals surface area contributed by atoms with Crippen molar-refractivity contribution in [3.05, 3.63) is 18.2 Å². The second-order valence-electron chi connectivity index (χ2n) is 5.25. The Morgan fingerprint density at radius 2 is 2.26 bits per heavy atom. The Hall–Kier alpha value is -1.91. The highest BCUT2D eigenvalue weighted by Gasteiger charge is 2.39. The van der Waals surface area contributed by atoms with Crippen molar-refractivity contribution in [2.75, 3.05) is 30.3 Å². The van der Waals surface area contributed by atoms with Gasteiger partial charge in [-0.1, -0.05) is 0 Å². The Bertz CT molecular complexity index is 490. The minimum atomic E-state index is -0.451. The first-order valence-electron chi connectivity index (χ1n) is 6.53. The predicted octanol–water partition coefficient (Wildman–Crippen LogP) is 1.37. The summed E-state index contributed by atoms with van der Waals surface area (Å²) in [7, 11) is 0. The molecule has 0 spiro atoms. The predicted molar refractivity (Wildman–Crippen MR) is 76.2 cm³/mol. The van der Waals surface area contributed by atoms with Gasteiger partial charge in [-0.3, -0.25) is 4.79 Å². The molecule has 1 fully saturated rings. The van der Waals surface area contributed by atoms with Gasteiger partial charge in [-0.05, 0) is 32.4 Å². The van der Waals surface area contributed by atoms with Crippen LogP contribution in [-0.2, 0) is 4.79 Å². The highest BCUT2D eigenvalue weighted by molar-refractivity contribution is 5.82. The van der Waals surface area contributed by atoms with E-state index in [0.717, 1.165) is 18.7 Å². The Morgan fingerprint density at radius 1 is 1.53 bits per heavy atom. The third-order valence-corrected chi connectivity index (χ3v) is 3.73. The molecule has 1 atom stereocenters. The van der Waals surface area contributed by atoms with E-state index in [0.29, 0.717) is 24.6 Å². The van der Waals surface area contributed by atoms with Gasteiger partial charge in [0.2, 0.25) is 5.91 Å². The number of nitrogens with two attached hydrogens (primary N) is 2. The first kappa shape index (κ1) is 13.5. The summed E-state index contributed by atoms with van der Waals surface area (Å²) in [5.74, 6) is 0.447. The third kappa shape index (κ3) is 2.59. The molecular formula is C14H21N3O2. The summed E-state index contributed by atoms with van der Waals surface area (Å²) in [4.78, 5) is 13.6. The Morgan fingerprint density at radius 3 is 2.84 bits per heavy atom. The summed E-state index contributed by atoms with van der Waals surface area (Å²) in [5, 5.41) is 0. The van der Waals surface area contributed by atoms with Gasteiger partial charge < -0.3 is 21.1 Å². The third-order valence-electron chi connectivity index (χ3n) is 3.73. The zero-order chi connectivity index (χ0) is 14.0. The van der Waals surface area contributed by atoms with Crippen molar-refractivity contribution in [3.63, 3.8) is 0 Å². The van der Waals surface area contributed by atoms with Crippen LogP contribution >= 0.6 is 0 Å². The molecule has 1 aliphatic heterocycles. The van der Waals surface area contributed by atoms with Gasteiger partial charge >= 0.3 is 0 Å². The molecule has 2 rings (SSSR count). The molecule has 1 aromatic rings. The zero-order valence-electron chi connectivity index (χ0n) is 11.5. The number of hydrogen-bond donors (Lipinski definition) is 2. The van der Waals surface area contributed by atoms with Crippen LogP contribution in [0.2, 0.25) is 0 Å². The van der Waals surface area contributed by atoms with Gasteiger partial charge in [0.25, 0.3) is 0 Å². The van der Waals surface area contributed by atoms with Crippen LogP contribution in [0.4, 0.5) is 11.4 Å². The molecule has 0 saturated carbocycles. The number of carbonyl (C=O) groups is 1. The monoisotopic (exact) mass is 263 g/mol. The lowest BCUT2D eigenvalue weighted by atomic mass is 9.89. The van der Waals surface area contributed by atoms with E-state index in [-0.39, 0.29) is 5.91 Å². The van der Waals surface area contributed by atoms with E-state index >= 15 is 0 Å². The molecule has 1 aromatic carbocycles. The lowest BCUT2D eigenvalue weighted by Gasteiger charge is -2.23. The minimum Gasteiger partial charge on any atom is -0.492 e. The lowest BCUT2D eigenvalue weighted by Crippen LogP contribution is -2.37. The normalized spacial score (nSPS) is 22.5.